The average Bonchev–Trinajstić information content (AvgIpc) is 3.12. The first-order valence-electron chi connectivity index (χ1n) is 11.8. The number of pyridine rings is 1. The van der Waals surface area contributed by atoms with Gasteiger partial charge in [0, 0.05) is 32.8 Å². The van der Waals surface area contributed by atoms with Crippen molar-refractivity contribution >= 4 is 32.0 Å². The van der Waals surface area contributed by atoms with Crippen molar-refractivity contribution in [2.24, 2.45) is 0 Å². The minimum absolute atomic E-state index is 0.0472. The van der Waals surface area contributed by atoms with Crippen LogP contribution in [0.2, 0.25) is 5.02 Å². The third-order valence-electron chi connectivity index (χ3n) is 6.47. The highest BCUT2D eigenvalue weighted by molar-refractivity contribution is 7.39. The van der Waals surface area contributed by atoms with Gasteiger partial charge in [-0.3, -0.25) is 19.0 Å². The molecule has 1 aromatic carbocycles. The molecule has 0 saturated heterocycles. The van der Waals surface area contributed by atoms with Crippen LogP contribution in [0.5, 0.6) is 5.75 Å². The van der Waals surface area contributed by atoms with E-state index in [9.17, 15) is 23.9 Å². The fourth-order valence-electron chi connectivity index (χ4n) is 4.61. The predicted octanol–water partition coefficient (Wildman–Crippen LogP) is 3.55. The van der Waals surface area contributed by atoms with E-state index >= 15 is 0 Å². The third kappa shape index (κ3) is 5.97. The summed E-state index contributed by atoms with van der Waals surface area (Å²) in [6.07, 6.45) is 3.27. The second-order valence-corrected chi connectivity index (χ2v) is 10.1. The van der Waals surface area contributed by atoms with Gasteiger partial charge < -0.3 is 29.2 Å². The van der Waals surface area contributed by atoms with Crippen LogP contribution in [0.1, 0.15) is 70.7 Å². The van der Waals surface area contributed by atoms with Gasteiger partial charge in [0.25, 0.3) is 17.4 Å². The second kappa shape index (κ2) is 12.3. The van der Waals surface area contributed by atoms with Crippen LogP contribution in [0.4, 0.5) is 4.39 Å². The molecule has 4 rings (SSSR count). The minimum atomic E-state index is -2.10. The van der Waals surface area contributed by atoms with Gasteiger partial charge in [-0.1, -0.05) is 37.4 Å². The van der Waals surface area contributed by atoms with Crippen LogP contribution in [-0.2, 0) is 17.5 Å². The quantitative estimate of drug-likeness (QED) is 0.350. The van der Waals surface area contributed by atoms with Crippen LogP contribution in [-0.4, -0.2) is 61.8 Å². The standard InChI is InChI=1S/C23H25ClFN3O4.CH5O3P/c1-3-4-5-6-17-26(2)22(31)19-14-9-10-27(12-13-7-8-16(25)15(24)11-13)21(30)18(14)20(29)23(32)28(17)19;1-4-5(2)3/h7-8,11,17,29H,3-6,9-10,12H2,1-2H3;2-3H,1H3. The van der Waals surface area contributed by atoms with Gasteiger partial charge in [-0.15, -0.1) is 0 Å². The molecule has 0 saturated carbocycles. The Hall–Kier alpha value is -2.56. The molecule has 0 spiro atoms. The SMILES string of the molecule is CCCCCC1N(C)C(=O)c2c3c(c(O)c(=O)n21)C(=O)N(Cc1ccc(F)c(Cl)c1)CC3.COP(O)O. The molecule has 0 radical (unpaired) electrons. The van der Waals surface area contributed by atoms with Crippen molar-refractivity contribution in [1.29, 1.82) is 0 Å². The molecule has 2 amide bonds. The van der Waals surface area contributed by atoms with E-state index < -0.39 is 37.8 Å². The number of nitrogens with zero attached hydrogens (tertiary/aromatic N) is 3. The predicted molar refractivity (Wildman–Crippen MR) is 136 cm³/mol. The molecule has 1 atom stereocenters. The van der Waals surface area contributed by atoms with Gasteiger partial charge in [-0.25, -0.2) is 4.39 Å². The highest BCUT2D eigenvalue weighted by atomic mass is 35.5. The Morgan fingerprint density at radius 2 is 1.86 bits per heavy atom. The van der Waals surface area contributed by atoms with Gasteiger partial charge in [-0.2, -0.15) is 0 Å². The molecular formula is C24H30ClFN3O7P. The zero-order valence-electron chi connectivity index (χ0n) is 20.8. The van der Waals surface area contributed by atoms with Crippen LogP contribution < -0.4 is 5.56 Å². The number of unbranched alkanes of at least 4 members (excludes halogenated alkanes) is 2. The topological polar surface area (TPSA) is 133 Å². The van der Waals surface area contributed by atoms with Crippen molar-refractivity contribution in [3.8, 4) is 5.75 Å². The van der Waals surface area contributed by atoms with Crippen LogP contribution in [0.25, 0.3) is 0 Å². The number of amides is 2. The van der Waals surface area contributed by atoms with Crippen molar-refractivity contribution in [3.63, 3.8) is 0 Å². The summed E-state index contributed by atoms with van der Waals surface area (Å²) in [5.41, 5.74) is 0.395. The lowest BCUT2D eigenvalue weighted by molar-refractivity contribution is 0.0721. The highest BCUT2D eigenvalue weighted by Crippen LogP contribution is 2.36. The number of carbonyl (C=O) groups excluding carboxylic acids is 2. The Balaban J connectivity index is 0.000000695. The molecule has 0 fully saturated rings. The molecule has 1 unspecified atom stereocenters. The first-order valence-corrected chi connectivity index (χ1v) is 13.3. The molecule has 1 aromatic heterocycles. The highest BCUT2D eigenvalue weighted by Gasteiger charge is 2.42. The number of rotatable bonds is 7. The van der Waals surface area contributed by atoms with Gasteiger partial charge in [0.05, 0.1) is 10.6 Å². The molecule has 3 N–H and O–H groups in total. The number of fused-ring (bicyclic) bond motifs is 3. The van der Waals surface area contributed by atoms with Crippen LogP contribution in [0.15, 0.2) is 23.0 Å². The van der Waals surface area contributed by atoms with Crippen LogP contribution in [0, 0.1) is 5.82 Å². The molecule has 2 aromatic rings. The van der Waals surface area contributed by atoms with E-state index in [4.69, 9.17) is 21.4 Å². The van der Waals surface area contributed by atoms with E-state index in [1.165, 1.54) is 39.7 Å². The zero-order chi connectivity index (χ0) is 27.4. The zero-order valence-corrected chi connectivity index (χ0v) is 22.4. The van der Waals surface area contributed by atoms with E-state index in [2.05, 4.69) is 11.4 Å². The third-order valence-corrected chi connectivity index (χ3v) is 7.09. The number of aromatic hydroxyl groups is 1. The maximum Gasteiger partial charge on any atom is 0.326 e. The fourth-order valence-corrected chi connectivity index (χ4v) is 4.81. The molecule has 0 aliphatic carbocycles. The normalized spacial score (nSPS) is 16.6. The molecular weight excluding hydrogens is 528 g/mol. The van der Waals surface area contributed by atoms with E-state index in [0.29, 0.717) is 30.5 Å². The van der Waals surface area contributed by atoms with Gasteiger partial charge in [0.2, 0.25) is 0 Å². The number of halogens is 2. The smallest absolute Gasteiger partial charge is 0.326 e. The van der Waals surface area contributed by atoms with Crippen LogP contribution in [0.3, 0.4) is 0 Å². The van der Waals surface area contributed by atoms with Gasteiger partial charge >= 0.3 is 8.60 Å². The average molecular weight is 558 g/mol. The summed E-state index contributed by atoms with van der Waals surface area (Å²) in [6.45, 7) is 2.51. The molecule has 2 aliphatic heterocycles. The molecule has 2 aliphatic rings. The van der Waals surface area contributed by atoms with Crippen LogP contribution >= 0.6 is 20.2 Å². The lowest BCUT2D eigenvalue weighted by Crippen LogP contribution is -2.40. The molecule has 202 valence electrons. The summed E-state index contributed by atoms with van der Waals surface area (Å²) in [7, 11) is 0.773. The van der Waals surface area contributed by atoms with Gasteiger partial charge in [0.15, 0.2) is 5.75 Å². The Morgan fingerprint density at radius 3 is 2.46 bits per heavy atom. The summed E-state index contributed by atoms with van der Waals surface area (Å²) in [6, 6.07) is 4.20. The first-order chi connectivity index (χ1) is 17.5. The molecule has 3 heterocycles. The molecule has 10 nitrogen and oxygen atoms in total. The maximum atomic E-state index is 13.5. The van der Waals surface area contributed by atoms with E-state index in [0.717, 1.165) is 19.3 Å². The van der Waals surface area contributed by atoms with Crippen molar-refractivity contribution in [2.45, 2.75) is 51.7 Å². The van der Waals surface area contributed by atoms with Crippen molar-refractivity contribution in [3.05, 3.63) is 61.8 Å². The summed E-state index contributed by atoms with van der Waals surface area (Å²) < 4.78 is 18.7. The summed E-state index contributed by atoms with van der Waals surface area (Å²) in [5, 5.41) is 10.7. The van der Waals surface area contributed by atoms with Crippen molar-refractivity contribution < 1.29 is 33.4 Å². The van der Waals surface area contributed by atoms with Gasteiger partial charge in [0.1, 0.15) is 17.7 Å². The summed E-state index contributed by atoms with van der Waals surface area (Å²) in [5.74, 6) is -2.02. The number of carbonyl (C=O) groups is 2. The Labute approximate surface area is 219 Å². The Morgan fingerprint density at radius 1 is 1.19 bits per heavy atom. The fraction of sp³-hybridized carbons (Fsp3) is 0.458. The van der Waals surface area contributed by atoms with Gasteiger partial charge in [-0.05, 0) is 37.0 Å². The second-order valence-electron chi connectivity index (χ2n) is 8.78. The largest absolute Gasteiger partial charge is 0.502 e. The Bertz CT molecular complexity index is 1240. The lowest BCUT2D eigenvalue weighted by Gasteiger charge is -2.30. The number of benzene rings is 1. The molecule has 13 heteroatoms. The first kappa shape index (κ1) is 29.0. The molecule has 37 heavy (non-hydrogen) atoms. The summed E-state index contributed by atoms with van der Waals surface area (Å²) in [4.78, 5) is 57.8. The Kier molecular flexibility index (Phi) is 9.66. The molecule has 0 bridgehead atoms. The number of hydrogen-bond donors (Lipinski definition) is 3. The maximum absolute atomic E-state index is 13.5. The van der Waals surface area contributed by atoms with E-state index in [1.807, 2.05) is 0 Å². The van der Waals surface area contributed by atoms with E-state index in [-0.39, 0.29) is 28.7 Å². The van der Waals surface area contributed by atoms with E-state index in [1.54, 1.807) is 7.05 Å². The summed E-state index contributed by atoms with van der Waals surface area (Å²) >= 11 is 5.84. The monoisotopic (exact) mass is 557 g/mol. The number of aromatic nitrogens is 1. The van der Waals surface area contributed by atoms with Crippen molar-refractivity contribution in [1.82, 2.24) is 14.4 Å². The van der Waals surface area contributed by atoms with Crippen molar-refractivity contribution in [2.75, 3.05) is 20.7 Å². The lowest BCUT2D eigenvalue weighted by atomic mass is 9.95. The minimum Gasteiger partial charge on any atom is -0.502 e. The number of hydrogen-bond acceptors (Lipinski definition) is 7.